The van der Waals surface area contributed by atoms with Crippen LogP contribution in [0.4, 0.5) is 0 Å². The van der Waals surface area contributed by atoms with Crippen molar-refractivity contribution in [2.24, 2.45) is 0 Å². The number of rotatable bonds is 7. The van der Waals surface area contributed by atoms with Gasteiger partial charge in [0.05, 0.1) is 19.2 Å². The van der Waals surface area contributed by atoms with Gasteiger partial charge in [0, 0.05) is 24.7 Å². The van der Waals surface area contributed by atoms with E-state index in [1.54, 1.807) is 18.4 Å². The second kappa shape index (κ2) is 7.37. The van der Waals surface area contributed by atoms with Crippen LogP contribution in [-0.2, 0) is 9.53 Å². The minimum Gasteiger partial charge on any atom is -0.383 e. The highest BCUT2D eigenvalue weighted by Crippen LogP contribution is 2.16. The van der Waals surface area contributed by atoms with Gasteiger partial charge in [0.1, 0.15) is 5.01 Å². The van der Waals surface area contributed by atoms with E-state index < -0.39 is 0 Å². The van der Waals surface area contributed by atoms with E-state index in [1.807, 2.05) is 19.2 Å². The van der Waals surface area contributed by atoms with Crippen molar-refractivity contribution in [2.75, 3.05) is 26.8 Å². The van der Waals surface area contributed by atoms with Crippen molar-refractivity contribution in [3.05, 3.63) is 16.1 Å². The first-order valence-corrected chi connectivity index (χ1v) is 6.42. The fraction of sp³-hybridized carbons (Fsp3) is 0.636. The Kier molecular flexibility index (Phi) is 6.10. The molecule has 17 heavy (non-hydrogen) atoms. The van der Waals surface area contributed by atoms with Crippen molar-refractivity contribution >= 4 is 17.2 Å². The second-order valence-corrected chi connectivity index (χ2v) is 4.66. The maximum atomic E-state index is 11.4. The first-order valence-electron chi connectivity index (χ1n) is 5.54. The second-order valence-electron chi connectivity index (χ2n) is 3.77. The molecule has 96 valence electrons. The van der Waals surface area contributed by atoms with Crippen LogP contribution in [0.15, 0.2) is 5.38 Å². The van der Waals surface area contributed by atoms with E-state index in [0.717, 1.165) is 10.7 Å². The molecule has 0 aliphatic rings. The Balaban J connectivity index is 2.23. The van der Waals surface area contributed by atoms with Crippen LogP contribution in [0.25, 0.3) is 0 Å². The number of ether oxygens (including phenoxy) is 1. The number of thiazole rings is 1. The molecule has 0 saturated carbocycles. The summed E-state index contributed by atoms with van der Waals surface area (Å²) in [6, 6.07) is 0.0990. The third kappa shape index (κ3) is 5.25. The molecular formula is C11H19N3O2S. The molecular weight excluding hydrogens is 238 g/mol. The summed E-state index contributed by atoms with van der Waals surface area (Å²) in [5.74, 6) is -0.0258. The van der Waals surface area contributed by atoms with Gasteiger partial charge in [-0.15, -0.1) is 11.3 Å². The third-order valence-corrected chi connectivity index (χ3v) is 3.35. The molecule has 0 bridgehead atoms. The Labute approximate surface area is 106 Å². The molecule has 6 heteroatoms. The van der Waals surface area contributed by atoms with Crippen molar-refractivity contribution in [3.8, 4) is 0 Å². The van der Waals surface area contributed by atoms with E-state index in [2.05, 4.69) is 15.6 Å². The molecule has 0 unspecified atom stereocenters. The van der Waals surface area contributed by atoms with Crippen molar-refractivity contribution < 1.29 is 9.53 Å². The Morgan fingerprint density at radius 1 is 1.65 bits per heavy atom. The number of hydrogen-bond donors (Lipinski definition) is 2. The molecule has 0 aromatic carbocycles. The fourth-order valence-electron chi connectivity index (χ4n) is 1.26. The summed E-state index contributed by atoms with van der Waals surface area (Å²) in [6.45, 7) is 5.34. The zero-order valence-electron chi connectivity index (χ0n) is 10.4. The quantitative estimate of drug-likeness (QED) is 0.711. The number of nitrogens with zero attached hydrogens (tertiary/aromatic N) is 1. The van der Waals surface area contributed by atoms with E-state index in [-0.39, 0.29) is 11.9 Å². The first kappa shape index (κ1) is 14.1. The molecule has 1 heterocycles. The first-order chi connectivity index (χ1) is 8.13. The fourth-order valence-corrected chi connectivity index (χ4v) is 2.09. The van der Waals surface area contributed by atoms with E-state index in [1.165, 1.54) is 0 Å². The van der Waals surface area contributed by atoms with Gasteiger partial charge in [0.15, 0.2) is 0 Å². The number of aromatic nitrogens is 1. The van der Waals surface area contributed by atoms with E-state index in [9.17, 15) is 4.79 Å². The predicted octanol–water partition coefficient (Wildman–Crippen LogP) is 0.865. The van der Waals surface area contributed by atoms with Gasteiger partial charge in [0.2, 0.25) is 5.91 Å². The molecule has 1 amide bonds. The molecule has 1 rings (SSSR count). The summed E-state index contributed by atoms with van der Waals surface area (Å²) in [5, 5.41) is 8.90. The monoisotopic (exact) mass is 257 g/mol. The molecule has 1 atom stereocenters. The minimum absolute atomic E-state index is 0.0258. The summed E-state index contributed by atoms with van der Waals surface area (Å²) in [6.07, 6.45) is 0. The van der Waals surface area contributed by atoms with Crippen LogP contribution in [0, 0.1) is 6.92 Å². The molecule has 2 N–H and O–H groups in total. The number of hydrogen-bond acceptors (Lipinski definition) is 5. The number of carbonyl (C=O) groups is 1. The molecule has 5 nitrogen and oxygen atoms in total. The largest absolute Gasteiger partial charge is 0.383 e. The van der Waals surface area contributed by atoms with E-state index in [0.29, 0.717) is 19.7 Å². The van der Waals surface area contributed by atoms with E-state index in [4.69, 9.17) is 4.74 Å². The summed E-state index contributed by atoms with van der Waals surface area (Å²) >= 11 is 1.61. The Morgan fingerprint density at radius 3 is 3.00 bits per heavy atom. The Hall–Kier alpha value is -0.980. The molecule has 0 spiro atoms. The Morgan fingerprint density at radius 2 is 2.41 bits per heavy atom. The smallest absolute Gasteiger partial charge is 0.234 e. The van der Waals surface area contributed by atoms with Crippen LogP contribution in [0.5, 0.6) is 0 Å². The topological polar surface area (TPSA) is 63.2 Å². The summed E-state index contributed by atoms with van der Waals surface area (Å²) in [4.78, 5) is 15.8. The van der Waals surface area contributed by atoms with Crippen molar-refractivity contribution in [3.63, 3.8) is 0 Å². The van der Waals surface area contributed by atoms with Crippen LogP contribution in [0.2, 0.25) is 0 Å². The van der Waals surface area contributed by atoms with Crippen LogP contribution < -0.4 is 10.6 Å². The van der Waals surface area contributed by atoms with Crippen LogP contribution >= 0.6 is 11.3 Å². The molecule has 1 aromatic rings. The average molecular weight is 257 g/mol. The number of amides is 1. The SMILES string of the molecule is COCCNC(=O)CN[C@H](C)c1nc(C)cs1. The maximum Gasteiger partial charge on any atom is 0.234 e. The normalized spacial score (nSPS) is 12.4. The molecule has 0 saturated heterocycles. The highest BCUT2D eigenvalue weighted by Gasteiger charge is 2.10. The van der Waals surface area contributed by atoms with Crippen LogP contribution in [0.1, 0.15) is 23.7 Å². The maximum absolute atomic E-state index is 11.4. The zero-order valence-corrected chi connectivity index (χ0v) is 11.3. The van der Waals surface area contributed by atoms with Gasteiger partial charge in [-0.1, -0.05) is 0 Å². The number of nitrogens with one attached hydrogen (secondary N) is 2. The molecule has 0 aliphatic heterocycles. The predicted molar refractivity (Wildman–Crippen MR) is 68.2 cm³/mol. The summed E-state index contributed by atoms with van der Waals surface area (Å²) in [5.41, 5.74) is 1.02. The highest BCUT2D eigenvalue weighted by atomic mass is 32.1. The summed E-state index contributed by atoms with van der Waals surface area (Å²) < 4.78 is 4.85. The highest BCUT2D eigenvalue weighted by molar-refractivity contribution is 7.09. The van der Waals surface area contributed by atoms with Gasteiger partial charge in [-0.2, -0.15) is 0 Å². The van der Waals surface area contributed by atoms with Crippen molar-refractivity contribution in [1.29, 1.82) is 0 Å². The van der Waals surface area contributed by atoms with Gasteiger partial charge in [-0.05, 0) is 13.8 Å². The number of aryl methyl sites for hydroxylation is 1. The van der Waals surface area contributed by atoms with Gasteiger partial charge >= 0.3 is 0 Å². The lowest BCUT2D eigenvalue weighted by Crippen LogP contribution is -2.36. The van der Waals surface area contributed by atoms with E-state index >= 15 is 0 Å². The molecule has 0 radical (unpaired) electrons. The molecule has 0 aliphatic carbocycles. The molecule has 1 aromatic heterocycles. The van der Waals surface area contributed by atoms with Gasteiger partial charge in [-0.3, -0.25) is 10.1 Å². The lowest BCUT2D eigenvalue weighted by molar-refractivity contribution is -0.120. The summed E-state index contributed by atoms with van der Waals surface area (Å²) in [7, 11) is 1.61. The standard InChI is InChI=1S/C11H19N3O2S/c1-8-7-17-11(14-8)9(2)13-6-10(15)12-4-5-16-3/h7,9,13H,4-6H2,1-3H3,(H,12,15)/t9-/m1/s1. The molecule has 0 fully saturated rings. The number of carbonyl (C=O) groups excluding carboxylic acids is 1. The van der Waals surface area contributed by atoms with Crippen LogP contribution in [0.3, 0.4) is 0 Å². The average Bonchev–Trinajstić information content (AvgIpc) is 2.73. The lowest BCUT2D eigenvalue weighted by atomic mass is 10.3. The Bertz CT molecular complexity index is 354. The zero-order chi connectivity index (χ0) is 12.7. The van der Waals surface area contributed by atoms with Gasteiger partial charge in [-0.25, -0.2) is 4.98 Å². The van der Waals surface area contributed by atoms with Crippen molar-refractivity contribution in [2.45, 2.75) is 19.9 Å². The van der Waals surface area contributed by atoms with Gasteiger partial charge in [0.25, 0.3) is 0 Å². The van der Waals surface area contributed by atoms with Crippen molar-refractivity contribution in [1.82, 2.24) is 15.6 Å². The lowest BCUT2D eigenvalue weighted by Gasteiger charge is -2.11. The van der Waals surface area contributed by atoms with Gasteiger partial charge < -0.3 is 10.1 Å². The number of methoxy groups -OCH3 is 1. The third-order valence-electron chi connectivity index (χ3n) is 2.20. The minimum atomic E-state index is -0.0258. The van der Waals surface area contributed by atoms with Crippen LogP contribution in [-0.4, -0.2) is 37.7 Å².